The Balaban J connectivity index is 1.55. The number of benzene rings is 1. The Labute approximate surface area is 139 Å². The molecule has 3 rings (SSSR count). The van der Waals surface area contributed by atoms with E-state index >= 15 is 0 Å². The fourth-order valence-corrected chi connectivity index (χ4v) is 3.67. The van der Waals surface area contributed by atoms with Crippen molar-refractivity contribution in [3.05, 3.63) is 23.8 Å². The zero-order valence-electron chi connectivity index (χ0n) is 14.3. The van der Waals surface area contributed by atoms with Crippen molar-refractivity contribution < 1.29 is 14.2 Å². The number of likely N-dealkylation sites (tertiary alicyclic amines) is 1. The van der Waals surface area contributed by atoms with Crippen LogP contribution in [0.15, 0.2) is 18.2 Å². The summed E-state index contributed by atoms with van der Waals surface area (Å²) in [6.45, 7) is 8.40. The number of hydrogen-bond acceptors (Lipinski definition) is 5. The van der Waals surface area contributed by atoms with Gasteiger partial charge in [0.05, 0.1) is 27.4 Å². The third-order valence-corrected chi connectivity index (χ3v) is 4.87. The quantitative estimate of drug-likeness (QED) is 0.799. The predicted octanol–water partition coefficient (Wildman–Crippen LogP) is 1.86. The van der Waals surface area contributed by atoms with Crippen molar-refractivity contribution in [1.29, 1.82) is 0 Å². The summed E-state index contributed by atoms with van der Waals surface area (Å²) >= 11 is 0. The zero-order chi connectivity index (χ0) is 16.1. The molecule has 23 heavy (non-hydrogen) atoms. The molecule has 1 unspecified atom stereocenters. The summed E-state index contributed by atoms with van der Waals surface area (Å²) in [6, 6.07) is 6.13. The van der Waals surface area contributed by atoms with Crippen molar-refractivity contribution in [2.45, 2.75) is 13.0 Å². The molecule has 0 saturated carbocycles. The summed E-state index contributed by atoms with van der Waals surface area (Å²) in [6.07, 6.45) is 1.28. The molecule has 0 N–H and O–H groups in total. The lowest BCUT2D eigenvalue weighted by Crippen LogP contribution is -2.39. The van der Waals surface area contributed by atoms with Gasteiger partial charge in [0.2, 0.25) is 0 Å². The smallest absolute Gasteiger partial charge is 0.165 e. The van der Waals surface area contributed by atoms with Gasteiger partial charge in [0.25, 0.3) is 0 Å². The van der Waals surface area contributed by atoms with Gasteiger partial charge in [-0.2, -0.15) is 0 Å². The maximum Gasteiger partial charge on any atom is 0.165 e. The molecule has 0 bridgehead atoms. The molecule has 0 aromatic heterocycles. The van der Waals surface area contributed by atoms with Crippen LogP contribution in [-0.2, 0) is 11.3 Å². The molecular formula is C18H28N2O3. The van der Waals surface area contributed by atoms with Crippen LogP contribution in [0.1, 0.15) is 12.0 Å². The highest BCUT2D eigenvalue weighted by atomic mass is 16.5. The SMILES string of the molecule is COc1cccc(CN2CCC(CN3CCOCC3)C2)c1OC. The van der Waals surface area contributed by atoms with Crippen LogP contribution in [-0.4, -0.2) is 70.0 Å². The molecule has 1 aromatic carbocycles. The Morgan fingerprint density at radius 2 is 1.91 bits per heavy atom. The summed E-state index contributed by atoms with van der Waals surface area (Å²) in [7, 11) is 3.41. The van der Waals surface area contributed by atoms with Crippen LogP contribution < -0.4 is 9.47 Å². The Hall–Kier alpha value is -1.30. The van der Waals surface area contributed by atoms with Gasteiger partial charge in [-0.25, -0.2) is 0 Å². The summed E-state index contributed by atoms with van der Waals surface area (Å²) in [5.41, 5.74) is 1.21. The Bertz CT molecular complexity index is 503. The van der Waals surface area contributed by atoms with E-state index in [1.807, 2.05) is 12.1 Å². The zero-order valence-corrected chi connectivity index (χ0v) is 14.3. The van der Waals surface area contributed by atoms with E-state index in [1.165, 1.54) is 18.5 Å². The van der Waals surface area contributed by atoms with E-state index in [4.69, 9.17) is 14.2 Å². The van der Waals surface area contributed by atoms with Crippen molar-refractivity contribution >= 4 is 0 Å². The average molecular weight is 320 g/mol. The van der Waals surface area contributed by atoms with Gasteiger partial charge in [-0.1, -0.05) is 12.1 Å². The maximum atomic E-state index is 5.55. The second-order valence-electron chi connectivity index (χ2n) is 6.46. The molecule has 2 heterocycles. The highest BCUT2D eigenvalue weighted by Gasteiger charge is 2.26. The highest BCUT2D eigenvalue weighted by molar-refractivity contribution is 5.46. The third-order valence-electron chi connectivity index (χ3n) is 4.87. The predicted molar refractivity (Wildman–Crippen MR) is 90.2 cm³/mol. The topological polar surface area (TPSA) is 34.2 Å². The van der Waals surface area contributed by atoms with Crippen LogP contribution in [0.3, 0.4) is 0 Å². The molecule has 2 aliphatic heterocycles. The first-order chi connectivity index (χ1) is 11.3. The first-order valence-corrected chi connectivity index (χ1v) is 8.52. The standard InChI is InChI=1S/C18H28N2O3/c1-21-17-5-3-4-16(18(17)22-2)14-20-7-6-15(13-20)12-19-8-10-23-11-9-19/h3-5,15H,6-14H2,1-2H3. The molecule has 2 fully saturated rings. The van der Waals surface area contributed by atoms with Gasteiger partial charge in [-0.3, -0.25) is 9.80 Å². The number of ether oxygens (including phenoxy) is 3. The van der Waals surface area contributed by atoms with Gasteiger partial charge >= 0.3 is 0 Å². The highest BCUT2D eigenvalue weighted by Crippen LogP contribution is 2.32. The maximum absolute atomic E-state index is 5.55. The van der Waals surface area contributed by atoms with Crippen molar-refractivity contribution in [2.24, 2.45) is 5.92 Å². The van der Waals surface area contributed by atoms with Gasteiger partial charge in [0.1, 0.15) is 0 Å². The Morgan fingerprint density at radius 3 is 2.65 bits per heavy atom. The molecule has 0 spiro atoms. The molecule has 1 atom stereocenters. The number of morpholine rings is 1. The molecule has 0 aliphatic carbocycles. The van der Waals surface area contributed by atoms with E-state index in [1.54, 1.807) is 14.2 Å². The van der Waals surface area contributed by atoms with Crippen LogP contribution >= 0.6 is 0 Å². The van der Waals surface area contributed by atoms with Crippen molar-refractivity contribution in [1.82, 2.24) is 9.80 Å². The summed E-state index contributed by atoms with van der Waals surface area (Å²) in [5, 5.41) is 0. The lowest BCUT2D eigenvalue weighted by molar-refractivity contribution is 0.0311. The van der Waals surface area contributed by atoms with E-state index in [0.29, 0.717) is 0 Å². The van der Waals surface area contributed by atoms with E-state index in [2.05, 4.69) is 15.9 Å². The molecule has 0 radical (unpaired) electrons. The second kappa shape index (κ2) is 7.99. The lowest BCUT2D eigenvalue weighted by Gasteiger charge is -2.29. The van der Waals surface area contributed by atoms with Gasteiger partial charge in [0, 0.05) is 38.3 Å². The van der Waals surface area contributed by atoms with Crippen LogP contribution in [0.2, 0.25) is 0 Å². The van der Waals surface area contributed by atoms with Crippen molar-refractivity contribution in [3.8, 4) is 11.5 Å². The average Bonchev–Trinajstić information content (AvgIpc) is 3.02. The molecule has 2 saturated heterocycles. The van der Waals surface area contributed by atoms with E-state index in [-0.39, 0.29) is 0 Å². The number of para-hydroxylation sites is 1. The fraction of sp³-hybridized carbons (Fsp3) is 0.667. The monoisotopic (exact) mass is 320 g/mol. The van der Waals surface area contributed by atoms with Gasteiger partial charge in [-0.15, -0.1) is 0 Å². The molecule has 5 nitrogen and oxygen atoms in total. The Kier molecular flexibility index (Phi) is 5.75. The minimum Gasteiger partial charge on any atom is -0.493 e. The third kappa shape index (κ3) is 4.16. The van der Waals surface area contributed by atoms with E-state index in [0.717, 1.165) is 63.4 Å². The first-order valence-electron chi connectivity index (χ1n) is 8.52. The van der Waals surface area contributed by atoms with Crippen LogP contribution in [0.4, 0.5) is 0 Å². The summed E-state index contributed by atoms with van der Waals surface area (Å²) in [5.74, 6) is 2.45. The van der Waals surface area contributed by atoms with Crippen molar-refractivity contribution in [2.75, 3.05) is 60.2 Å². The molecule has 5 heteroatoms. The van der Waals surface area contributed by atoms with E-state index < -0.39 is 0 Å². The van der Waals surface area contributed by atoms with Gasteiger partial charge in [-0.05, 0) is 24.9 Å². The first kappa shape index (κ1) is 16.6. The van der Waals surface area contributed by atoms with Gasteiger partial charge < -0.3 is 14.2 Å². The van der Waals surface area contributed by atoms with E-state index in [9.17, 15) is 0 Å². The number of nitrogens with zero attached hydrogens (tertiary/aromatic N) is 2. The van der Waals surface area contributed by atoms with Crippen LogP contribution in [0.5, 0.6) is 11.5 Å². The normalized spacial score (nSPS) is 23.1. The van der Waals surface area contributed by atoms with Gasteiger partial charge in [0.15, 0.2) is 11.5 Å². The molecule has 2 aliphatic rings. The second-order valence-corrected chi connectivity index (χ2v) is 6.46. The molecular weight excluding hydrogens is 292 g/mol. The van der Waals surface area contributed by atoms with Crippen molar-refractivity contribution in [3.63, 3.8) is 0 Å². The largest absolute Gasteiger partial charge is 0.493 e. The number of methoxy groups -OCH3 is 2. The molecule has 1 aromatic rings. The summed E-state index contributed by atoms with van der Waals surface area (Å²) < 4.78 is 16.4. The van der Waals surface area contributed by atoms with Crippen LogP contribution in [0, 0.1) is 5.92 Å². The van der Waals surface area contributed by atoms with Crippen LogP contribution in [0.25, 0.3) is 0 Å². The summed E-state index contributed by atoms with van der Waals surface area (Å²) in [4.78, 5) is 5.08. The minimum absolute atomic E-state index is 0.768. The minimum atomic E-state index is 0.768. The fourth-order valence-electron chi connectivity index (χ4n) is 3.67. The number of hydrogen-bond donors (Lipinski definition) is 0. The number of rotatable bonds is 6. The molecule has 0 amide bonds. The Morgan fingerprint density at radius 1 is 1.09 bits per heavy atom. The lowest BCUT2D eigenvalue weighted by atomic mass is 10.1. The molecule has 128 valence electrons.